The summed E-state index contributed by atoms with van der Waals surface area (Å²) in [5.41, 5.74) is 5.48. The fourth-order valence-electron chi connectivity index (χ4n) is 2.86. The second-order valence-corrected chi connectivity index (χ2v) is 8.89. The molecule has 10 nitrogen and oxygen atoms in total. The Balaban J connectivity index is 2.12. The van der Waals surface area contributed by atoms with Gasteiger partial charge in [0.2, 0.25) is 0 Å². The fourth-order valence-corrected chi connectivity index (χ4v) is 2.86. The van der Waals surface area contributed by atoms with Crippen molar-refractivity contribution in [3.8, 4) is 0 Å². The molecule has 1 aromatic heterocycles. The van der Waals surface area contributed by atoms with Crippen molar-refractivity contribution in [2.75, 3.05) is 13.1 Å². The molecule has 0 aliphatic rings. The molecule has 10 heteroatoms. The van der Waals surface area contributed by atoms with Crippen molar-refractivity contribution in [3.05, 3.63) is 60.2 Å². The number of carbonyl (C=O) groups is 3. The van der Waals surface area contributed by atoms with Gasteiger partial charge in [-0.2, -0.15) is 0 Å². The SMILES string of the molecule is CC(C)CN(CC(=O)NN(Cc1ccccc1)C(=O)c1cnccn1)NC(=O)OC(C)(C)C. The second-order valence-electron chi connectivity index (χ2n) is 8.89. The highest BCUT2D eigenvalue weighted by atomic mass is 16.6. The van der Waals surface area contributed by atoms with Crippen LogP contribution in [0.3, 0.4) is 0 Å². The summed E-state index contributed by atoms with van der Waals surface area (Å²) in [5, 5.41) is 2.64. The Labute approximate surface area is 194 Å². The maximum Gasteiger partial charge on any atom is 0.422 e. The zero-order chi connectivity index (χ0) is 24.4. The highest BCUT2D eigenvalue weighted by molar-refractivity contribution is 5.93. The van der Waals surface area contributed by atoms with Crippen molar-refractivity contribution >= 4 is 17.9 Å². The highest BCUT2D eigenvalue weighted by Gasteiger charge is 2.24. The van der Waals surface area contributed by atoms with E-state index in [1.54, 1.807) is 20.8 Å². The smallest absolute Gasteiger partial charge is 0.422 e. The van der Waals surface area contributed by atoms with Gasteiger partial charge >= 0.3 is 6.09 Å². The van der Waals surface area contributed by atoms with Gasteiger partial charge < -0.3 is 4.74 Å². The lowest BCUT2D eigenvalue weighted by Crippen LogP contribution is -2.53. The van der Waals surface area contributed by atoms with Crippen LogP contribution in [0.25, 0.3) is 0 Å². The summed E-state index contributed by atoms with van der Waals surface area (Å²) in [6.07, 6.45) is 3.54. The number of ether oxygens (including phenoxy) is 1. The van der Waals surface area contributed by atoms with Gasteiger partial charge in [-0.15, -0.1) is 0 Å². The van der Waals surface area contributed by atoms with Crippen LogP contribution in [0.2, 0.25) is 0 Å². The maximum atomic E-state index is 13.0. The standard InChI is InChI=1S/C23H32N6O4/c1-17(2)14-28(27-22(32)33-23(3,4)5)16-20(30)26-29(15-18-9-7-6-8-10-18)21(31)19-13-24-11-12-25-19/h6-13,17H,14-16H2,1-5H3,(H,26,30)(H,27,32). The second kappa shape index (κ2) is 11.9. The Morgan fingerprint density at radius 3 is 2.33 bits per heavy atom. The summed E-state index contributed by atoms with van der Waals surface area (Å²) in [6.45, 7) is 9.54. The Morgan fingerprint density at radius 1 is 1.06 bits per heavy atom. The summed E-state index contributed by atoms with van der Waals surface area (Å²) in [7, 11) is 0. The van der Waals surface area contributed by atoms with E-state index in [2.05, 4.69) is 20.8 Å². The van der Waals surface area contributed by atoms with E-state index in [1.807, 2.05) is 44.2 Å². The lowest BCUT2D eigenvalue weighted by atomic mass is 10.2. The molecule has 2 aromatic rings. The summed E-state index contributed by atoms with van der Waals surface area (Å²) in [6, 6.07) is 9.24. The Morgan fingerprint density at radius 2 is 1.76 bits per heavy atom. The molecular weight excluding hydrogens is 424 g/mol. The number of amides is 3. The third-order valence-electron chi connectivity index (χ3n) is 4.04. The average molecular weight is 457 g/mol. The van der Waals surface area contributed by atoms with Gasteiger partial charge in [-0.05, 0) is 32.3 Å². The minimum absolute atomic E-state index is 0.0969. The summed E-state index contributed by atoms with van der Waals surface area (Å²) in [5.74, 6) is -0.829. The third kappa shape index (κ3) is 9.65. The van der Waals surface area contributed by atoms with Gasteiger partial charge in [-0.1, -0.05) is 44.2 Å². The lowest BCUT2D eigenvalue weighted by Gasteiger charge is -2.28. The minimum Gasteiger partial charge on any atom is -0.443 e. The van der Waals surface area contributed by atoms with Crippen LogP contribution in [-0.2, 0) is 16.1 Å². The van der Waals surface area contributed by atoms with E-state index in [-0.39, 0.29) is 24.7 Å². The first-order chi connectivity index (χ1) is 15.5. The van der Waals surface area contributed by atoms with E-state index in [4.69, 9.17) is 4.74 Å². The van der Waals surface area contributed by atoms with Crippen molar-refractivity contribution in [2.45, 2.75) is 46.8 Å². The third-order valence-corrected chi connectivity index (χ3v) is 4.04. The topological polar surface area (TPSA) is 117 Å². The molecule has 0 bridgehead atoms. The monoisotopic (exact) mass is 456 g/mol. The van der Waals surface area contributed by atoms with Crippen LogP contribution >= 0.6 is 0 Å². The zero-order valence-corrected chi connectivity index (χ0v) is 19.7. The quantitative estimate of drug-likeness (QED) is 0.586. The van der Waals surface area contributed by atoms with E-state index < -0.39 is 23.5 Å². The van der Waals surface area contributed by atoms with Gasteiger partial charge in [-0.25, -0.2) is 19.8 Å². The van der Waals surface area contributed by atoms with Gasteiger partial charge in [-0.3, -0.25) is 25.4 Å². The molecule has 0 radical (unpaired) electrons. The van der Waals surface area contributed by atoms with Crippen LogP contribution in [-0.4, -0.2) is 56.6 Å². The van der Waals surface area contributed by atoms with E-state index in [1.165, 1.54) is 28.6 Å². The molecule has 1 aromatic carbocycles. The van der Waals surface area contributed by atoms with Crippen LogP contribution in [0, 0.1) is 5.92 Å². The summed E-state index contributed by atoms with van der Waals surface area (Å²) < 4.78 is 5.28. The van der Waals surface area contributed by atoms with Crippen molar-refractivity contribution in [3.63, 3.8) is 0 Å². The van der Waals surface area contributed by atoms with Gasteiger partial charge in [0.05, 0.1) is 19.3 Å². The predicted octanol–water partition coefficient (Wildman–Crippen LogP) is 2.55. The number of hydrogen-bond donors (Lipinski definition) is 2. The van der Waals surface area contributed by atoms with Crippen LogP contribution < -0.4 is 10.9 Å². The fraction of sp³-hybridized carbons (Fsp3) is 0.435. The molecule has 0 saturated heterocycles. The Kier molecular flexibility index (Phi) is 9.29. The van der Waals surface area contributed by atoms with Gasteiger partial charge in [0.1, 0.15) is 11.3 Å². The Bertz CT molecular complexity index is 916. The first-order valence-corrected chi connectivity index (χ1v) is 10.7. The molecule has 33 heavy (non-hydrogen) atoms. The Hall–Kier alpha value is -3.53. The minimum atomic E-state index is -0.675. The normalized spacial score (nSPS) is 11.2. The van der Waals surface area contributed by atoms with Crippen LogP contribution in [0.5, 0.6) is 0 Å². The van der Waals surface area contributed by atoms with Crippen LogP contribution in [0.4, 0.5) is 4.79 Å². The molecule has 178 valence electrons. The zero-order valence-electron chi connectivity index (χ0n) is 19.7. The molecule has 3 amide bonds. The van der Waals surface area contributed by atoms with Crippen molar-refractivity contribution in [1.82, 2.24) is 30.8 Å². The predicted molar refractivity (Wildman–Crippen MR) is 122 cm³/mol. The number of benzene rings is 1. The number of rotatable bonds is 8. The molecule has 0 saturated carbocycles. The molecule has 1 heterocycles. The molecule has 0 spiro atoms. The number of hydrazine groups is 2. The summed E-state index contributed by atoms with van der Waals surface area (Å²) >= 11 is 0. The van der Waals surface area contributed by atoms with Gasteiger partial charge in [0.25, 0.3) is 11.8 Å². The molecule has 0 unspecified atom stereocenters. The first-order valence-electron chi connectivity index (χ1n) is 10.7. The number of carbonyl (C=O) groups excluding carboxylic acids is 3. The molecule has 2 rings (SSSR count). The number of nitrogens with zero attached hydrogens (tertiary/aromatic N) is 4. The van der Waals surface area contributed by atoms with E-state index >= 15 is 0 Å². The molecule has 0 atom stereocenters. The maximum absolute atomic E-state index is 13.0. The van der Waals surface area contributed by atoms with Crippen molar-refractivity contribution < 1.29 is 19.1 Å². The molecular formula is C23H32N6O4. The van der Waals surface area contributed by atoms with E-state index in [0.717, 1.165) is 5.56 Å². The largest absolute Gasteiger partial charge is 0.443 e. The van der Waals surface area contributed by atoms with E-state index in [0.29, 0.717) is 6.54 Å². The molecule has 0 aliphatic carbocycles. The summed E-state index contributed by atoms with van der Waals surface area (Å²) in [4.78, 5) is 46.0. The molecule has 0 fully saturated rings. The average Bonchev–Trinajstić information content (AvgIpc) is 2.72. The van der Waals surface area contributed by atoms with Crippen molar-refractivity contribution in [1.29, 1.82) is 0 Å². The van der Waals surface area contributed by atoms with Crippen molar-refractivity contribution in [2.24, 2.45) is 5.92 Å². The number of aromatic nitrogens is 2. The first kappa shape index (κ1) is 25.7. The van der Waals surface area contributed by atoms with E-state index in [9.17, 15) is 14.4 Å². The number of nitrogens with one attached hydrogen (secondary N) is 2. The van der Waals surface area contributed by atoms with Gasteiger partial charge in [0.15, 0.2) is 0 Å². The van der Waals surface area contributed by atoms with Gasteiger partial charge in [0, 0.05) is 18.9 Å². The molecule has 0 aliphatic heterocycles. The molecule has 2 N–H and O–H groups in total. The number of hydrogen-bond acceptors (Lipinski definition) is 7. The van der Waals surface area contributed by atoms with Crippen LogP contribution in [0.15, 0.2) is 48.9 Å². The van der Waals surface area contributed by atoms with Crippen LogP contribution in [0.1, 0.15) is 50.7 Å². The lowest BCUT2D eigenvalue weighted by molar-refractivity contribution is -0.127. The highest BCUT2D eigenvalue weighted by Crippen LogP contribution is 2.08.